The van der Waals surface area contributed by atoms with E-state index in [2.05, 4.69) is 0 Å². The summed E-state index contributed by atoms with van der Waals surface area (Å²) < 4.78 is 30.7. The van der Waals surface area contributed by atoms with Gasteiger partial charge in [-0.05, 0) is 0 Å². The average molecular weight is 360 g/mol. The van der Waals surface area contributed by atoms with Gasteiger partial charge in [-0.1, -0.05) is 0 Å². The normalized spacial score (nSPS) is 8.43. The molecule has 0 rings (SSSR count). The summed E-state index contributed by atoms with van der Waals surface area (Å²) in [6.45, 7) is 0. The summed E-state index contributed by atoms with van der Waals surface area (Å²) in [6, 6.07) is 0. The van der Waals surface area contributed by atoms with E-state index in [1.807, 2.05) is 0 Å². The largest absolute Gasteiger partial charge is 0 e. The summed E-state index contributed by atoms with van der Waals surface area (Å²) in [4.78, 5) is 0. The van der Waals surface area contributed by atoms with Crippen LogP contribution < -0.4 is 0 Å². The summed E-state index contributed by atoms with van der Waals surface area (Å²) in [5.74, 6) is 0. The van der Waals surface area contributed by atoms with E-state index in [0.717, 1.165) is 0 Å². The van der Waals surface area contributed by atoms with Gasteiger partial charge in [0.2, 0.25) is 0 Å². The van der Waals surface area contributed by atoms with Gasteiger partial charge in [-0.2, -0.15) is 0 Å². The molecule has 0 aliphatic rings. The molecule has 0 aromatic rings. The Morgan fingerprint density at radius 3 is 1.14 bits per heavy atom. The van der Waals surface area contributed by atoms with E-state index in [9.17, 15) is 0 Å². The zero-order chi connectivity index (χ0) is 4.50. The second-order valence-electron chi connectivity index (χ2n) is 0.513. The Morgan fingerprint density at radius 1 is 1.14 bits per heavy atom. The van der Waals surface area contributed by atoms with Crippen molar-refractivity contribution in [2.24, 2.45) is 0 Å². The molecule has 0 heterocycles. The van der Waals surface area contributed by atoms with Crippen LogP contribution in [0.1, 0.15) is 0 Å². The molecule has 0 aliphatic carbocycles. The van der Waals surface area contributed by atoms with Gasteiger partial charge in [-0.25, -0.2) is 0 Å². The minimum Gasteiger partial charge on any atom is 0 e. The Balaban J connectivity index is -0.0000000800. The van der Waals surface area contributed by atoms with Crippen molar-refractivity contribution in [2.75, 3.05) is 0 Å². The van der Waals surface area contributed by atoms with Gasteiger partial charge in [0, 0.05) is 33.9 Å². The van der Waals surface area contributed by atoms with E-state index in [-0.39, 0.29) is 33.9 Å². The molecule has 7 heavy (non-hydrogen) atoms. The van der Waals surface area contributed by atoms with E-state index in [1.165, 1.54) is 0 Å². The van der Waals surface area contributed by atoms with Crippen molar-refractivity contribution in [3.8, 4) is 0 Å². The first-order valence-electron chi connectivity index (χ1n) is 0.783. The van der Waals surface area contributed by atoms with Crippen LogP contribution in [0.3, 0.4) is 0 Å². The van der Waals surface area contributed by atoms with Crippen LogP contribution in [0.25, 0.3) is 0 Å². The second kappa shape index (κ2) is 5.39. The summed E-state index contributed by atoms with van der Waals surface area (Å²) >= 11 is -5.12. The van der Waals surface area contributed by atoms with Crippen LogP contribution in [0.2, 0.25) is 0 Å². The first-order chi connectivity index (χ1) is 2.00. The summed E-state index contributed by atoms with van der Waals surface area (Å²) in [5.41, 5.74) is 0. The summed E-state index contributed by atoms with van der Waals surface area (Å²) in [7, 11) is 0. The third-order valence-corrected chi connectivity index (χ3v) is 0. The standard InChI is InChI=1S/AsH3O4.Re.S/c2-1(3,4)5;;/h(H3,2,3,4,5);;. The van der Waals surface area contributed by atoms with Crippen molar-refractivity contribution in [3.63, 3.8) is 0 Å². The van der Waals surface area contributed by atoms with Crippen LogP contribution in [-0.4, -0.2) is 26.8 Å². The Labute approximate surface area is 64.4 Å². The molecule has 0 spiro atoms. The smallest absolute Gasteiger partial charge is 0 e. The molecule has 0 fully saturated rings. The van der Waals surface area contributed by atoms with E-state index in [1.54, 1.807) is 0 Å². The molecule has 0 saturated heterocycles. The Kier molecular flexibility index (Phi) is 12.1. The van der Waals surface area contributed by atoms with Gasteiger partial charge in [0.15, 0.2) is 0 Å². The van der Waals surface area contributed by atoms with Gasteiger partial charge in [0.05, 0.1) is 0 Å². The quantitative estimate of drug-likeness (QED) is 0.459. The van der Waals surface area contributed by atoms with Crippen LogP contribution in [0.4, 0.5) is 0 Å². The number of rotatable bonds is 0. The first kappa shape index (κ1) is 15.7. The maximum absolute atomic E-state index is 8.94. The molecule has 0 atom stereocenters. The SMILES string of the molecule is O=[As](O)(O)O.[Re].[S]. The predicted molar refractivity (Wildman–Crippen MR) is 20.7 cm³/mol. The monoisotopic (exact) mass is 361 g/mol. The Hall–Kier alpha value is 1.25. The molecular weight excluding hydrogens is 357 g/mol. The Morgan fingerprint density at radius 2 is 1.14 bits per heavy atom. The van der Waals surface area contributed by atoms with E-state index >= 15 is 0 Å². The van der Waals surface area contributed by atoms with Crippen LogP contribution in [0, 0.1) is 0 Å². The molecule has 7 heteroatoms. The molecule has 4 nitrogen and oxygen atoms in total. The van der Waals surface area contributed by atoms with Gasteiger partial charge in [-0.3, -0.25) is 0 Å². The van der Waals surface area contributed by atoms with Crippen LogP contribution in [0.15, 0.2) is 0 Å². The predicted octanol–water partition coefficient (Wildman–Crippen LogP) is -1.52. The van der Waals surface area contributed by atoms with Gasteiger partial charge in [0.1, 0.15) is 0 Å². The topological polar surface area (TPSA) is 77.8 Å². The van der Waals surface area contributed by atoms with Gasteiger partial charge < -0.3 is 0 Å². The van der Waals surface area contributed by atoms with Crippen molar-refractivity contribution in [1.29, 1.82) is 0 Å². The number of hydrogen-bond donors (Lipinski definition) is 3. The average Bonchev–Trinajstić information content (AvgIpc) is 0.722. The van der Waals surface area contributed by atoms with Crippen molar-refractivity contribution >= 4 is 28.0 Å². The summed E-state index contributed by atoms with van der Waals surface area (Å²) in [6.07, 6.45) is 0. The van der Waals surface area contributed by atoms with Gasteiger partial charge >= 0.3 is 30.5 Å². The third kappa shape index (κ3) is 128. The molecule has 0 aliphatic heterocycles. The number of hydrogen-bond acceptors (Lipinski definition) is 1. The van der Waals surface area contributed by atoms with Crippen LogP contribution in [0.5, 0.6) is 0 Å². The molecule has 0 aromatic heterocycles. The maximum atomic E-state index is 8.94. The van der Waals surface area contributed by atoms with Crippen LogP contribution in [-0.2, 0) is 24.2 Å². The van der Waals surface area contributed by atoms with Crippen molar-refractivity contribution < 1.29 is 36.4 Å². The van der Waals surface area contributed by atoms with Crippen molar-refractivity contribution in [1.82, 2.24) is 0 Å². The Bertz CT molecular complexity index is 57.8. The molecule has 3 N–H and O–H groups in total. The minimum atomic E-state index is -5.12. The van der Waals surface area contributed by atoms with E-state index < -0.39 is 14.5 Å². The molecular formula is H3AsO4ReS. The fourth-order valence-electron chi connectivity index (χ4n) is 0. The van der Waals surface area contributed by atoms with Crippen molar-refractivity contribution in [3.05, 3.63) is 0 Å². The molecule has 45 valence electrons. The molecule has 0 unspecified atom stereocenters. The van der Waals surface area contributed by atoms with Gasteiger partial charge in [0.25, 0.3) is 0 Å². The summed E-state index contributed by atoms with van der Waals surface area (Å²) in [5, 5.41) is 0. The zero-order valence-electron chi connectivity index (χ0n) is 2.98. The minimum absolute atomic E-state index is 0. The molecule has 3 radical (unpaired) electrons. The first-order valence-corrected chi connectivity index (χ1v) is 4.07. The molecule has 0 aromatic carbocycles. The molecule has 0 bridgehead atoms. The van der Waals surface area contributed by atoms with E-state index in [0.29, 0.717) is 0 Å². The second-order valence-corrected chi connectivity index (χ2v) is 2.67. The van der Waals surface area contributed by atoms with Crippen molar-refractivity contribution in [2.45, 2.75) is 0 Å². The molecule has 0 saturated carbocycles. The van der Waals surface area contributed by atoms with Gasteiger partial charge in [-0.15, -0.1) is 0 Å². The van der Waals surface area contributed by atoms with E-state index in [4.69, 9.17) is 16.0 Å². The maximum Gasteiger partial charge on any atom is 0 e. The third-order valence-electron chi connectivity index (χ3n) is 0. The fraction of sp³-hybridized carbons (Fsp3) is 0. The zero-order valence-corrected chi connectivity index (χ0v) is 8.39. The molecule has 0 amide bonds. The van der Waals surface area contributed by atoms with Crippen LogP contribution >= 0.6 is 13.5 Å². The fourth-order valence-corrected chi connectivity index (χ4v) is 0.